The molecule has 0 bridgehead atoms. The minimum Gasteiger partial charge on any atom is -0.481 e. The average Bonchev–Trinajstić information content (AvgIpc) is 2.65. The average molecular weight is 381 g/mol. The van der Waals surface area contributed by atoms with Crippen LogP contribution in [0.1, 0.15) is 79.6 Å². The summed E-state index contributed by atoms with van der Waals surface area (Å²) >= 11 is 0. The number of aliphatic hydroxyl groups excluding tert-OH is 1. The maximum Gasteiger partial charge on any atom is 0.285 e. The van der Waals surface area contributed by atoms with E-state index in [0.29, 0.717) is 5.41 Å². The maximum absolute atomic E-state index is 10.1. The van der Waals surface area contributed by atoms with Crippen LogP contribution in [0.5, 0.6) is 0 Å². The van der Waals surface area contributed by atoms with Gasteiger partial charge in [-0.05, 0) is 79.6 Å². The van der Waals surface area contributed by atoms with Gasteiger partial charge in [0.05, 0.1) is 6.26 Å². The molecule has 6 unspecified atom stereocenters. The summed E-state index contributed by atoms with van der Waals surface area (Å²) in [7, 11) is 0. The zero-order chi connectivity index (χ0) is 19.9. The molecule has 1 heterocycles. The topological polar surface area (TPSA) is 29.5 Å². The van der Waals surface area contributed by atoms with E-state index >= 15 is 0 Å². The van der Waals surface area contributed by atoms with E-state index in [2.05, 4.69) is 39.8 Å². The smallest absolute Gasteiger partial charge is 0.285 e. The third kappa shape index (κ3) is 2.27. The summed E-state index contributed by atoms with van der Waals surface area (Å²) in [5, 5.41) is 10.1. The van der Waals surface area contributed by atoms with Gasteiger partial charge in [0.25, 0.3) is 5.95 Å². The van der Waals surface area contributed by atoms with E-state index in [1.165, 1.54) is 56.1 Å². The van der Waals surface area contributed by atoms with Crippen LogP contribution in [0.3, 0.4) is 0 Å². The molecule has 6 atom stereocenters. The molecule has 3 fully saturated rings. The molecular weight excluding hydrogens is 344 g/mol. The Morgan fingerprint density at radius 1 is 1.00 bits per heavy atom. The van der Waals surface area contributed by atoms with Crippen molar-refractivity contribution in [2.45, 2.75) is 79.6 Å². The normalized spacial score (nSPS) is 47.5. The highest BCUT2D eigenvalue weighted by Gasteiger charge is 2.60. The van der Waals surface area contributed by atoms with Crippen molar-refractivity contribution in [2.24, 2.45) is 34.0 Å². The summed E-state index contributed by atoms with van der Waals surface area (Å²) in [6.45, 7) is 12.0. The van der Waals surface area contributed by atoms with Crippen LogP contribution in [0.25, 0.3) is 0 Å². The highest BCUT2D eigenvalue weighted by molar-refractivity contribution is 5.59. The molecule has 0 saturated heterocycles. The first-order valence-corrected chi connectivity index (χ1v) is 11.4. The van der Waals surface area contributed by atoms with Crippen molar-refractivity contribution in [2.75, 3.05) is 0 Å². The monoisotopic (exact) mass is 380 g/mol. The number of aliphatic hydroxyl groups is 1. The maximum atomic E-state index is 10.1. The van der Waals surface area contributed by atoms with Crippen LogP contribution >= 0.6 is 0 Å². The first-order valence-electron chi connectivity index (χ1n) is 11.4. The molecule has 4 aliphatic carbocycles. The molecule has 5 aliphatic rings. The number of hydrogen-bond donors (Lipinski definition) is 1. The highest BCUT2D eigenvalue weighted by Crippen LogP contribution is 2.69. The van der Waals surface area contributed by atoms with Crippen LogP contribution in [0.15, 0.2) is 46.7 Å². The molecule has 1 aliphatic heterocycles. The molecule has 0 aromatic carbocycles. The van der Waals surface area contributed by atoms with Gasteiger partial charge in [0, 0.05) is 16.6 Å². The second kappa shape index (κ2) is 5.80. The Morgan fingerprint density at radius 2 is 1.79 bits per heavy atom. The molecule has 5 rings (SSSR count). The number of allylic oxidation sites excluding steroid dienone is 6. The van der Waals surface area contributed by atoms with Gasteiger partial charge < -0.3 is 9.84 Å². The Balaban J connectivity index is 1.59. The zero-order valence-electron chi connectivity index (χ0n) is 18.3. The summed E-state index contributed by atoms with van der Waals surface area (Å²) in [5.74, 6) is 2.61. The van der Waals surface area contributed by atoms with Crippen LogP contribution in [-0.4, -0.2) is 5.11 Å². The van der Waals surface area contributed by atoms with Gasteiger partial charge in [-0.1, -0.05) is 51.8 Å². The van der Waals surface area contributed by atoms with Gasteiger partial charge in [-0.2, -0.15) is 0 Å². The molecule has 2 heteroatoms. The van der Waals surface area contributed by atoms with Crippen molar-refractivity contribution in [1.82, 2.24) is 0 Å². The predicted octanol–water partition coefficient (Wildman–Crippen LogP) is 7.22. The zero-order valence-corrected chi connectivity index (χ0v) is 18.3. The quantitative estimate of drug-likeness (QED) is 0.481. The summed E-state index contributed by atoms with van der Waals surface area (Å²) in [4.78, 5) is 0. The standard InChI is InChI=1S/C26H36O2/c1-16-8-10-24(3)12-13-26(5)19(20(24)14-16)9-11-25(4)21-15-28-23(27)17(2)18(21)6-7-22(25)26/h6-7,15-16,19-20,27H,8-14H2,1-5H3. The minimum atomic E-state index is 0.0331. The first kappa shape index (κ1) is 18.6. The van der Waals surface area contributed by atoms with Gasteiger partial charge in [0.1, 0.15) is 0 Å². The second-order valence-corrected chi connectivity index (χ2v) is 11.3. The molecule has 152 valence electrons. The van der Waals surface area contributed by atoms with E-state index in [0.717, 1.165) is 23.3 Å². The largest absolute Gasteiger partial charge is 0.481 e. The molecule has 2 nitrogen and oxygen atoms in total. The van der Waals surface area contributed by atoms with Crippen molar-refractivity contribution in [1.29, 1.82) is 0 Å². The van der Waals surface area contributed by atoms with Gasteiger partial charge in [-0.25, -0.2) is 0 Å². The third-order valence-electron chi connectivity index (χ3n) is 9.76. The molecule has 0 radical (unpaired) electrons. The van der Waals surface area contributed by atoms with Crippen LogP contribution in [0, 0.1) is 34.0 Å². The van der Waals surface area contributed by atoms with E-state index in [9.17, 15) is 5.11 Å². The lowest BCUT2D eigenvalue weighted by Crippen LogP contribution is -2.55. The summed E-state index contributed by atoms with van der Waals surface area (Å²) in [6.07, 6.45) is 16.0. The van der Waals surface area contributed by atoms with E-state index in [1.54, 1.807) is 5.57 Å². The van der Waals surface area contributed by atoms with Gasteiger partial charge in [0.2, 0.25) is 0 Å². The van der Waals surface area contributed by atoms with Crippen molar-refractivity contribution in [3.05, 3.63) is 46.7 Å². The Labute approximate surface area is 170 Å². The summed E-state index contributed by atoms with van der Waals surface area (Å²) < 4.78 is 5.56. The lowest BCUT2D eigenvalue weighted by molar-refractivity contribution is -0.0841. The molecule has 0 spiro atoms. The van der Waals surface area contributed by atoms with E-state index in [4.69, 9.17) is 4.74 Å². The fraction of sp³-hybridized carbons (Fsp3) is 0.692. The number of ether oxygens (including phenoxy) is 1. The number of fused-ring (bicyclic) bond motifs is 7. The van der Waals surface area contributed by atoms with Gasteiger partial charge in [-0.3, -0.25) is 0 Å². The van der Waals surface area contributed by atoms with Gasteiger partial charge in [0.15, 0.2) is 0 Å². The van der Waals surface area contributed by atoms with Crippen LogP contribution in [-0.2, 0) is 4.74 Å². The Hall–Kier alpha value is -1.44. The molecule has 3 saturated carbocycles. The van der Waals surface area contributed by atoms with Crippen LogP contribution < -0.4 is 0 Å². The lowest BCUT2D eigenvalue weighted by Gasteiger charge is -2.64. The Morgan fingerprint density at radius 3 is 2.57 bits per heavy atom. The second-order valence-electron chi connectivity index (χ2n) is 11.3. The minimum absolute atomic E-state index is 0.0331. The van der Waals surface area contributed by atoms with E-state index < -0.39 is 0 Å². The summed E-state index contributed by atoms with van der Waals surface area (Å²) in [5.41, 5.74) is 5.83. The number of rotatable bonds is 0. The summed E-state index contributed by atoms with van der Waals surface area (Å²) in [6, 6.07) is 0. The van der Waals surface area contributed by atoms with E-state index in [1.807, 2.05) is 13.2 Å². The lowest BCUT2D eigenvalue weighted by atomic mass is 9.41. The molecule has 0 aromatic heterocycles. The Kier molecular flexibility index (Phi) is 3.85. The molecule has 28 heavy (non-hydrogen) atoms. The van der Waals surface area contributed by atoms with Crippen molar-refractivity contribution >= 4 is 0 Å². The van der Waals surface area contributed by atoms with Crippen molar-refractivity contribution in [3.63, 3.8) is 0 Å². The number of hydrogen-bond acceptors (Lipinski definition) is 2. The molecule has 0 aromatic rings. The molecular formula is C26H36O2. The molecule has 0 amide bonds. The highest BCUT2D eigenvalue weighted by atomic mass is 16.6. The first-order chi connectivity index (χ1) is 13.2. The van der Waals surface area contributed by atoms with Crippen molar-refractivity contribution < 1.29 is 9.84 Å². The van der Waals surface area contributed by atoms with Crippen molar-refractivity contribution in [3.8, 4) is 0 Å². The molecule has 1 N–H and O–H groups in total. The van der Waals surface area contributed by atoms with Gasteiger partial charge >= 0.3 is 0 Å². The SMILES string of the molecule is CC1=C(O)OC=C2C1=CC=C1C2(C)CCC2C3CC(C)CCC3(C)CCC12C. The van der Waals surface area contributed by atoms with Gasteiger partial charge in [-0.15, -0.1) is 0 Å². The van der Waals surface area contributed by atoms with Crippen LogP contribution in [0.2, 0.25) is 0 Å². The van der Waals surface area contributed by atoms with E-state index in [-0.39, 0.29) is 16.8 Å². The Bertz CT molecular complexity index is 842. The predicted molar refractivity (Wildman–Crippen MR) is 113 cm³/mol. The fourth-order valence-corrected chi connectivity index (χ4v) is 7.84. The third-order valence-corrected chi connectivity index (χ3v) is 9.76. The fourth-order valence-electron chi connectivity index (χ4n) is 7.84. The van der Waals surface area contributed by atoms with Crippen LogP contribution in [0.4, 0.5) is 0 Å².